The number of carbonyl (C=O) groups is 2. The molecule has 4 atom stereocenters. The molecule has 0 aliphatic rings. The second-order valence-corrected chi connectivity index (χ2v) is 14.1. The molecule has 0 rings (SSSR count). The number of esters is 2. The number of quaternary nitrogens is 2. The van der Waals surface area contributed by atoms with Gasteiger partial charge in [-0.15, -0.1) is 0 Å². The predicted molar refractivity (Wildman–Crippen MR) is 130 cm³/mol. The summed E-state index contributed by atoms with van der Waals surface area (Å²) in [7, 11) is 9.29. The van der Waals surface area contributed by atoms with Gasteiger partial charge in [-0.1, -0.05) is 23.0 Å². The normalized spacial score (nSPS) is 15.2. The molecular weight excluding hydrogens is 450 g/mol. The molecule has 4 unspecified atom stereocenters. The van der Waals surface area contributed by atoms with Gasteiger partial charge in [0.1, 0.15) is 26.3 Å². The maximum absolute atomic E-state index is 12.5. The SMILES string of the molecule is CCC(COC(=O)/C=C\C(=O)OCC(CC)[P+](=O)CC[N+](C)(C)C)[P+](=O)CC[N+](C)(C)C. The summed E-state index contributed by atoms with van der Waals surface area (Å²) in [6.07, 6.45) is 4.49. The van der Waals surface area contributed by atoms with Crippen LogP contribution in [0.5, 0.6) is 0 Å². The lowest BCUT2D eigenvalue weighted by Gasteiger charge is -2.21. The molecule has 8 nitrogen and oxygen atoms in total. The Kier molecular flexibility index (Phi) is 14.3. The first kappa shape index (κ1) is 30.8. The number of ether oxygens (including phenoxy) is 2. The highest BCUT2D eigenvalue weighted by molar-refractivity contribution is 7.45. The molecule has 0 fully saturated rings. The molecule has 184 valence electrons. The number of rotatable bonds is 16. The van der Waals surface area contributed by atoms with Gasteiger partial charge in [0, 0.05) is 12.2 Å². The van der Waals surface area contributed by atoms with Crippen LogP contribution >= 0.6 is 15.6 Å². The van der Waals surface area contributed by atoms with Gasteiger partial charge in [-0.05, 0) is 12.8 Å². The van der Waals surface area contributed by atoms with E-state index < -0.39 is 27.5 Å². The lowest BCUT2D eigenvalue weighted by atomic mass is 10.3. The monoisotopic (exact) mass is 494 g/mol. The Labute approximate surface area is 196 Å². The highest BCUT2D eigenvalue weighted by atomic mass is 31.1. The summed E-state index contributed by atoms with van der Waals surface area (Å²) in [5.74, 6) is -1.34. The van der Waals surface area contributed by atoms with Crippen LogP contribution in [0.2, 0.25) is 0 Å². The third kappa shape index (κ3) is 15.6. The van der Waals surface area contributed by atoms with E-state index in [4.69, 9.17) is 9.47 Å². The maximum Gasteiger partial charge on any atom is 0.351 e. The van der Waals surface area contributed by atoms with Crippen molar-refractivity contribution in [3.05, 3.63) is 12.2 Å². The van der Waals surface area contributed by atoms with Crippen LogP contribution in [0.25, 0.3) is 0 Å². The fourth-order valence-corrected chi connectivity index (χ4v) is 6.18. The molecule has 0 N–H and O–H groups in total. The molecular formula is C22H44N2O6P2+4. The van der Waals surface area contributed by atoms with Crippen molar-refractivity contribution in [1.29, 1.82) is 0 Å². The summed E-state index contributed by atoms with van der Waals surface area (Å²) in [5.41, 5.74) is -0.400. The van der Waals surface area contributed by atoms with Gasteiger partial charge < -0.3 is 18.4 Å². The van der Waals surface area contributed by atoms with Gasteiger partial charge in [0.2, 0.25) is 0 Å². The number of hydrogen-bond acceptors (Lipinski definition) is 6. The van der Waals surface area contributed by atoms with Crippen molar-refractivity contribution in [3.8, 4) is 0 Å². The Morgan fingerprint density at radius 3 is 1.28 bits per heavy atom. The molecule has 0 bridgehead atoms. The molecule has 0 radical (unpaired) electrons. The van der Waals surface area contributed by atoms with Gasteiger partial charge in [0.15, 0.2) is 23.6 Å². The summed E-state index contributed by atoms with van der Waals surface area (Å²) in [4.78, 5) is 23.9. The molecule has 0 aromatic rings. The van der Waals surface area contributed by atoms with Gasteiger partial charge in [-0.25, -0.2) is 9.59 Å². The van der Waals surface area contributed by atoms with E-state index >= 15 is 0 Å². The van der Waals surface area contributed by atoms with Crippen molar-refractivity contribution in [2.24, 2.45) is 0 Å². The summed E-state index contributed by atoms with van der Waals surface area (Å²) in [6, 6.07) is 0. The highest BCUT2D eigenvalue weighted by Crippen LogP contribution is 2.31. The van der Waals surface area contributed by atoms with Crippen molar-refractivity contribution in [2.75, 3.05) is 80.9 Å². The van der Waals surface area contributed by atoms with Gasteiger partial charge in [-0.2, -0.15) is 0 Å². The van der Waals surface area contributed by atoms with Crippen LogP contribution in [-0.4, -0.2) is 113 Å². The van der Waals surface area contributed by atoms with Crippen molar-refractivity contribution in [3.63, 3.8) is 0 Å². The molecule has 0 spiro atoms. The van der Waals surface area contributed by atoms with E-state index in [1.807, 2.05) is 56.1 Å². The molecule has 0 aromatic heterocycles. The summed E-state index contributed by atoms with van der Waals surface area (Å²) in [6.45, 7) is 5.52. The first-order chi connectivity index (χ1) is 14.7. The molecule has 0 aromatic carbocycles. The number of carbonyl (C=O) groups excluding carboxylic acids is 2. The number of hydrogen-bond donors (Lipinski definition) is 0. The third-order valence-corrected chi connectivity index (χ3v) is 8.87. The first-order valence-corrected chi connectivity index (χ1v) is 14.2. The topological polar surface area (TPSA) is 86.7 Å². The van der Waals surface area contributed by atoms with E-state index in [9.17, 15) is 18.7 Å². The fraction of sp³-hybridized carbons (Fsp3) is 0.818. The Morgan fingerprint density at radius 1 is 0.719 bits per heavy atom. The molecule has 32 heavy (non-hydrogen) atoms. The molecule has 0 aliphatic heterocycles. The largest absolute Gasteiger partial charge is 0.458 e. The average molecular weight is 495 g/mol. The lowest BCUT2D eigenvalue weighted by molar-refractivity contribution is -0.867. The Morgan fingerprint density at radius 2 is 1.03 bits per heavy atom. The quantitative estimate of drug-likeness (QED) is 0.142. The van der Waals surface area contributed by atoms with Gasteiger partial charge in [-0.3, -0.25) is 0 Å². The minimum atomic E-state index is -1.48. The van der Waals surface area contributed by atoms with Crippen LogP contribution in [0.3, 0.4) is 0 Å². The fourth-order valence-electron chi connectivity index (χ4n) is 2.56. The zero-order valence-electron chi connectivity index (χ0n) is 21.2. The average Bonchev–Trinajstić information content (AvgIpc) is 2.68. The van der Waals surface area contributed by atoms with E-state index in [-0.39, 0.29) is 24.5 Å². The van der Waals surface area contributed by atoms with Crippen LogP contribution in [0.4, 0.5) is 0 Å². The van der Waals surface area contributed by atoms with Crippen molar-refractivity contribution >= 4 is 27.5 Å². The first-order valence-electron chi connectivity index (χ1n) is 11.2. The van der Waals surface area contributed by atoms with Gasteiger partial charge >= 0.3 is 27.5 Å². The second-order valence-electron chi connectivity index (χ2n) is 10.0. The van der Waals surface area contributed by atoms with Crippen LogP contribution in [0, 0.1) is 0 Å². The van der Waals surface area contributed by atoms with Crippen LogP contribution < -0.4 is 0 Å². The van der Waals surface area contributed by atoms with Crippen molar-refractivity contribution in [2.45, 2.75) is 38.0 Å². The zero-order valence-corrected chi connectivity index (χ0v) is 23.0. The molecule has 10 heteroatoms. The number of nitrogens with zero attached hydrogens (tertiary/aromatic N) is 2. The third-order valence-electron chi connectivity index (χ3n) is 4.93. The van der Waals surface area contributed by atoms with Crippen molar-refractivity contribution in [1.82, 2.24) is 0 Å². The minimum Gasteiger partial charge on any atom is -0.458 e. The Hall–Kier alpha value is -1.20. The Bertz CT molecular complexity index is 612. The van der Waals surface area contributed by atoms with E-state index in [2.05, 4.69) is 0 Å². The summed E-state index contributed by atoms with van der Waals surface area (Å²) < 4.78 is 36.7. The molecule has 0 heterocycles. The van der Waals surface area contributed by atoms with E-state index in [1.165, 1.54) is 0 Å². The predicted octanol–water partition coefficient (Wildman–Crippen LogP) is 3.25. The van der Waals surface area contributed by atoms with E-state index in [0.717, 1.165) is 34.2 Å². The zero-order chi connectivity index (χ0) is 24.9. The van der Waals surface area contributed by atoms with Gasteiger partial charge in [0.05, 0.1) is 42.3 Å². The van der Waals surface area contributed by atoms with Crippen LogP contribution in [0.15, 0.2) is 12.2 Å². The standard InChI is InChI=1S/C22H44N2O6P2/c1-9-19(31(27)15-13-23(3,4)5)17-29-21(25)11-12-22(26)30-18-20(10-2)32(28)16-14-24(6,7)8/h11-12,19-20H,9-10,13-18H2,1-8H3/q+4/b12-11-. The van der Waals surface area contributed by atoms with Crippen LogP contribution in [0.1, 0.15) is 26.7 Å². The lowest BCUT2D eigenvalue weighted by Crippen LogP contribution is -2.37. The van der Waals surface area contributed by atoms with E-state index in [1.54, 1.807) is 0 Å². The summed E-state index contributed by atoms with van der Waals surface area (Å²) >= 11 is 0. The molecule has 0 saturated heterocycles. The molecule has 0 amide bonds. The minimum absolute atomic E-state index is 0.0612. The van der Waals surface area contributed by atoms with E-state index in [0.29, 0.717) is 25.2 Å². The molecule has 0 aliphatic carbocycles. The van der Waals surface area contributed by atoms with Crippen molar-refractivity contribution < 1.29 is 37.2 Å². The Balaban J connectivity index is 4.46. The summed E-state index contributed by atoms with van der Waals surface area (Å²) in [5, 5.41) is 0. The maximum atomic E-state index is 12.5. The highest BCUT2D eigenvalue weighted by Gasteiger charge is 2.32. The van der Waals surface area contributed by atoms with Crippen LogP contribution in [-0.2, 0) is 28.2 Å². The smallest absolute Gasteiger partial charge is 0.351 e. The molecule has 0 saturated carbocycles. The second kappa shape index (κ2) is 14.8. The van der Waals surface area contributed by atoms with Gasteiger partial charge in [0.25, 0.3) is 0 Å².